The molecule has 2 aromatic carbocycles. The summed E-state index contributed by atoms with van der Waals surface area (Å²) in [7, 11) is -7.39. The van der Waals surface area contributed by atoms with Crippen molar-refractivity contribution in [3.05, 3.63) is 64.1 Å². The summed E-state index contributed by atoms with van der Waals surface area (Å²) in [4.78, 5) is -0.187. The van der Waals surface area contributed by atoms with Crippen molar-refractivity contribution in [1.29, 1.82) is 0 Å². The average Bonchev–Trinajstić information content (AvgIpc) is 3.02. The lowest BCUT2D eigenvalue weighted by Crippen LogP contribution is -2.53. The summed E-state index contributed by atoms with van der Waals surface area (Å²) in [6.45, 7) is 6.62. The van der Waals surface area contributed by atoms with Crippen LogP contribution in [0.15, 0.2) is 41.3 Å². The van der Waals surface area contributed by atoms with Gasteiger partial charge in [0.15, 0.2) is 13.9 Å². The van der Waals surface area contributed by atoms with Crippen LogP contribution in [0, 0.1) is 12.7 Å². The van der Waals surface area contributed by atoms with Gasteiger partial charge in [-0.25, -0.2) is 16.8 Å². The molecule has 4 nitrogen and oxygen atoms in total. The molecule has 0 amide bonds. The number of fused-ring (bicyclic) bond motifs is 3. The van der Waals surface area contributed by atoms with E-state index in [-0.39, 0.29) is 39.2 Å². The fraction of sp³-hybridized carbons (Fsp3) is 0.391. The molecule has 1 atom stereocenters. The summed E-state index contributed by atoms with van der Waals surface area (Å²) in [6.07, 6.45) is -5.11. The summed E-state index contributed by atoms with van der Waals surface area (Å²) in [5.41, 5.74) is -2.57. The SMILES string of the molecule is Cc1ccc(S(=O)(=O)n2c3c(c4cc(F)c(Cl)cc42)CCCC3(O[Si](C)(C)C)C(F)(F)F)cc1. The minimum Gasteiger partial charge on any atom is -0.399 e. The first-order valence-electron chi connectivity index (χ1n) is 10.7. The minimum atomic E-state index is -4.92. The molecule has 0 saturated carbocycles. The maximum atomic E-state index is 14.9. The first-order chi connectivity index (χ1) is 15.6. The molecule has 0 saturated heterocycles. The largest absolute Gasteiger partial charge is 0.422 e. The topological polar surface area (TPSA) is 48.3 Å². The highest BCUT2D eigenvalue weighted by Crippen LogP contribution is 2.54. The van der Waals surface area contributed by atoms with Crippen LogP contribution >= 0.6 is 11.6 Å². The van der Waals surface area contributed by atoms with Crippen molar-refractivity contribution in [2.75, 3.05) is 0 Å². The number of hydrogen-bond acceptors (Lipinski definition) is 3. The maximum absolute atomic E-state index is 14.9. The molecule has 3 aromatic rings. The molecule has 11 heteroatoms. The number of aryl methyl sites for hydroxylation is 2. The molecule has 1 unspecified atom stereocenters. The molecule has 0 N–H and O–H groups in total. The first-order valence-corrected chi connectivity index (χ1v) is 15.9. The van der Waals surface area contributed by atoms with E-state index in [0.29, 0.717) is 3.97 Å². The van der Waals surface area contributed by atoms with Gasteiger partial charge in [0.05, 0.1) is 21.1 Å². The molecule has 1 aromatic heterocycles. The number of nitrogens with zero attached hydrogens (tertiary/aromatic N) is 1. The van der Waals surface area contributed by atoms with Gasteiger partial charge in [-0.1, -0.05) is 29.3 Å². The lowest BCUT2D eigenvalue weighted by Gasteiger charge is -2.43. The van der Waals surface area contributed by atoms with Crippen molar-refractivity contribution >= 4 is 40.8 Å². The van der Waals surface area contributed by atoms with Gasteiger partial charge < -0.3 is 4.43 Å². The number of aromatic nitrogens is 1. The predicted molar refractivity (Wildman–Crippen MR) is 126 cm³/mol. The normalized spacial score (nSPS) is 19.4. The van der Waals surface area contributed by atoms with Crippen LogP contribution in [0.2, 0.25) is 24.7 Å². The lowest BCUT2D eigenvalue weighted by molar-refractivity contribution is -0.264. The van der Waals surface area contributed by atoms with Gasteiger partial charge >= 0.3 is 6.18 Å². The summed E-state index contributed by atoms with van der Waals surface area (Å²) < 4.78 is 93.5. The van der Waals surface area contributed by atoms with Crippen molar-refractivity contribution in [2.45, 2.75) is 62.5 Å². The molecule has 0 bridgehead atoms. The highest BCUT2D eigenvalue weighted by molar-refractivity contribution is 7.90. The van der Waals surface area contributed by atoms with Gasteiger partial charge in [0, 0.05) is 5.39 Å². The Bertz CT molecular complexity index is 1380. The van der Waals surface area contributed by atoms with Crippen LogP contribution in [0.5, 0.6) is 0 Å². The van der Waals surface area contributed by atoms with E-state index in [2.05, 4.69) is 0 Å². The fourth-order valence-corrected chi connectivity index (χ4v) is 7.75. The molecule has 1 aliphatic rings. The van der Waals surface area contributed by atoms with E-state index >= 15 is 0 Å². The van der Waals surface area contributed by atoms with Gasteiger partial charge in [0.1, 0.15) is 5.82 Å². The molecular weight excluding hydrogens is 510 g/mol. The van der Waals surface area contributed by atoms with Crippen LogP contribution in [0.3, 0.4) is 0 Å². The van der Waals surface area contributed by atoms with E-state index < -0.39 is 48.1 Å². The minimum absolute atomic E-state index is 0.0834. The molecular formula is C23H24ClF4NO3SSi. The second kappa shape index (κ2) is 8.08. The van der Waals surface area contributed by atoms with Crippen molar-refractivity contribution in [1.82, 2.24) is 3.97 Å². The summed E-state index contributed by atoms with van der Waals surface area (Å²) >= 11 is 5.98. The van der Waals surface area contributed by atoms with Crippen molar-refractivity contribution in [3.63, 3.8) is 0 Å². The number of rotatable bonds is 4. The quantitative estimate of drug-likeness (QED) is 0.270. The molecule has 1 heterocycles. The standard InChI is InChI=1S/C23H24ClF4NO3SSi/c1-14-7-9-15(10-8-14)33(30,31)29-20-13-18(24)19(25)12-17(20)16-6-5-11-22(21(16)29,23(26,27)28)32-34(2,3)4/h7-10,12-13H,5-6,11H2,1-4H3. The number of alkyl halides is 3. The molecule has 1 aliphatic carbocycles. The van der Waals surface area contributed by atoms with Gasteiger partial charge in [0.25, 0.3) is 10.0 Å². The van der Waals surface area contributed by atoms with Gasteiger partial charge in [-0.2, -0.15) is 13.2 Å². The molecule has 4 rings (SSSR count). The lowest BCUT2D eigenvalue weighted by atomic mass is 9.82. The second-order valence-corrected chi connectivity index (χ2v) is 16.2. The summed E-state index contributed by atoms with van der Waals surface area (Å²) in [6, 6.07) is 7.89. The van der Waals surface area contributed by atoms with Crippen molar-refractivity contribution < 1.29 is 30.4 Å². The monoisotopic (exact) mass is 533 g/mol. The summed E-state index contributed by atoms with van der Waals surface area (Å²) in [5, 5.41) is -0.300. The van der Waals surface area contributed by atoms with E-state index in [1.165, 1.54) is 12.1 Å². The zero-order valence-electron chi connectivity index (χ0n) is 19.1. The van der Waals surface area contributed by atoms with Gasteiger partial charge in [-0.15, -0.1) is 0 Å². The Balaban J connectivity index is 2.20. The van der Waals surface area contributed by atoms with E-state index in [1.807, 2.05) is 0 Å². The van der Waals surface area contributed by atoms with Crippen LogP contribution in [0.1, 0.15) is 29.7 Å². The zero-order chi connectivity index (χ0) is 25.3. The third kappa shape index (κ3) is 3.98. The molecule has 184 valence electrons. The molecule has 0 fully saturated rings. The molecule has 0 radical (unpaired) electrons. The van der Waals surface area contributed by atoms with E-state index in [1.54, 1.807) is 38.7 Å². The maximum Gasteiger partial charge on any atom is 0.422 e. The molecule has 0 aliphatic heterocycles. The highest BCUT2D eigenvalue weighted by atomic mass is 35.5. The Hall–Kier alpha value is -1.88. The van der Waals surface area contributed by atoms with Gasteiger partial charge in [-0.05, 0) is 75.7 Å². The number of hydrogen-bond donors (Lipinski definition) is 0. The van der Waals surface area contributed by atoms with Crippen molar-refractivity contribution in [2.24, 2.45) is 0 Å². The van der Waals surface area contributed by atoms with E-state index in [0.717, 1.165) is 17.7 Å². The second-order valence-electron chi connectivity index (χ2n) is 9.59. The third-order valence-electron chi connectivity index (χ3n) is 5.91. The van der Waals surface area contributed by atoms with Crippen LogP contribution in [0.4, 0.5) is 17.6 Å². The Kier molecular flexibility index (Phi) is 5.99. The Morgan fingerprint density at radius 2 is 1.74 bits per heavy atom. The Morgan fingerprint density at radius 1 is 1.12 bits per heavy atom. The Morgan fingerprint density at radius 3 is 2.29 bits per heavy atom. The van der Waals surface area contributed by atoms with Crippen molar-refractivity contribution in [3.8, 4) is 0 Å². The first kappa shape index (κ1) is 25.2. The van der Waals surface area contributed by atoms with Crippen LogP contribution < -0.4 is 0 Å². The molecule has 0 spiro atoms. The third-order valence-corrected chi connectivity index (χ3v) is 8.89. The zero-order valence-corrected chi connectivity index (χ0v) is 21.6. The smallest absolute Gasteiger partial charge is 0.399 e. The summed E-state index contributed by atoms with van der Waals surface area (Å²) in [5.74, 6) is -0.837. The average molecular weight is 534 g/mol. The van der Waals surface area contributed by atoms with Crippen LogP contribution in [0.25, 0.3) is 10.9 Å². The number of halogens is 5. The highest BCUT2D eigenvalue weighted by Gasteiger charge is 2.62. The number of benzene rings is 2. The van der Waals surface area contributed by atoms with Gasteiger partial charge in [0.2, 0.25) is 0 Å². The fourth-order valence-electron chi connectivity index (χ4n) is 4.63. The van der Waals surface area contributed by atoms with Crippen LogP contribution in [-0.2, 0) is 26.5 Å². The van der Waals surface area contributed by atoms with E-state index in [4.69, 9.17) is 16.0 Å². The van der Waals surface area contributed by atoms with Gasteiger partial charge in [-0.3, -0.25) is 0 Å². The molecule has 34 heavy (non-hydrogen) atoms. The Labute approximate surface area is 201 Å². The van der Waals surface area contributed by atoms with E-state index in [9.17, 15) is 26.0 Å². The van der Waals surface area contributed by atoms with Crippen LogP contribution in [-0.4, -0.2) is 26.9 Å². The predicted octanol–water partition coefficient (Wildman–Crippen LogP) is 6.92.